The van der Waals surface area contributed by atoms with E-state index in [1.807, 2.05) is 50.2 Å². The number of amides is 2. The Morgan fingerprint density at radius 2 is 1.68 bits per heavy atom. The molecule has 6 heteroatoms. The summed E-state index contributed by atoms with van der Waals surface area (Å²) in [5.41, 5.74) is 1.16. The minimum absolute atomic E-state index is 0.124. The Morgan fingerprint density at radius 3 is 2.28 bits per heavy atom. The van der Waals surface area contributed by atoms with Crippen LogP contribution in [0.5, 0.6) is 11.5 Å². The number of likely N-dealkylation sites (N-methyl/N-ethyl adjacent to an activating group) is 1. The van der Waals surface area contributed by atoms with Crippen LogP contribution in [-0.4, -0.2) is 42.3 Å². The molecule has 1 heterocycles. The first-order valence-electron chi connectivity index (χ1n) is 8.50. The number of nitrogens with one attached hydrogen (secondary N) is 1. The molecule has 0 aliphatic carbocycles. The zero-order valence-electron chi connectivity index (χ0n) is 14.8. The number of urea groups is 1. The van der Waals surface area contributed by atoms with E-state index in [-0.39, 0.29) is 12.8 Å². The fourth-order valence-electron chi connectivity index (χ4n) is 2.31. The molecular formula is C19H25N3O3. The van der Waals surface area contributed by atoms with Crippen LogP contribution in [0.15, 0.2) is 48.8 Å². The molecule has 6 nitrogen and oxygen atoms in total. The van der Waals surface area contributed by atoms with Gasteiger partial charge in [-0.05, 0) is 62.2 Å². The Hall–Kier alpha value is -2.76. The summed E-state index contributed by atoms with van der Waals surface area (Å²) in [4.78, 5) is 18.0. The molecule has 0 bridgehead atoms. The molecule has 1 N–H and O–H groups in total. The van der Waals surface area contributed by atoms with Crippen molar-refractivity contribution in [2.24, 2.45) is 0 Å². The zero-order valence-corrected chi connectivity index (χ0v) is 14.8. The van der Waals surface area contributed by atoms with Crippen LogP contribution in [0.3, 0.4) is 0 Å². The highest BCUT2D eigenvalue weighted by Gasteiger charge is 2.11. The Morgan fingerprint density at radius 1 is 1.04 bits per heavy atom. The van der Waals surface area contributed by atoms with Crippen LogP contribution in [0.25, 0.3) is 0 Å². The van der Waals surface area contributed by atoms with Gasteiger partial charge in [0.05, 0.1) is 6.61 Å². The van der Waals surface area contributed by atoms with Gasteiger partial charge < -0.3 is 19.7 Å². The summed E-state index contributed by atoms with van der Waals surface area (Å²) in [5.74, 6) is 1.48. The Kier molecular flexibility index (Phi) is 7.56. The van der Waals surface area contributed by atoms with Gasteiger partial charge in [0, 0.05) is 25.5 Å². The summed E-state index contributed by atoms with van der Waals surface area (Å²) in [6.45, 7) is 5.93. The second kappa shape index (κ2) is 10.2. The number of carbonyl (C=O) groups excluding carboxylic acids is 1. The molecule has 0 saturated heterocycles. The average molecular weight is 343 g/mol. The lowest BCUT2D eigenvalue weighted by molar-refractivity contribution is 0.187. The highest BCUT2D eigenvalue weighted by Crippen LogP contribution is 2.17. The van der Waals surface area contributed by atoms with E-state index in [4.69, 9.17) is 9.47 Å². The molecule has 0 aliphatic rings. The van der Waals surface area contributed by atoms with Crippen LogP contribution < -0.4 is 14.8 Å². The molecule has 2 aromatic rings. The maximum Gasteiger partial charge on any atom is 0.320 e. The fourth-order valence-corrected chi connectivity index (χ4v) is 2.31. The Labute approximate surface area is 148 Å². The molecule has 1 aromatic heterocycles. The van der Waals surface area contributed by atoms with Crippen molar-refractivity contribution in [2.75, 3.05) is 26.4 Å². The topological polar surface area (TPSA) is 63.7 Å². The molecule has 0 spiro atoms. The van der Waals surface area contributed by atoms with Gasteiger partial charge in [0.25, 0.3) is 0 Å². The molecule has 0 radical (unpaired) electrons. The van der Waals surface area contributed by atoms with Crippen molar-refractivity contribution in [1.29, 1.82) is 0 Å². The van der Waals surface area contributed by atoms with E-state index in [9.17, 15) is 4.79 Å². The van der Waals surface area contributed by atoms with E-state index < -0.39 is 0 Å². The maximum absolute atomic E-state index is 12.2. The van der Waals surface area contributed by atoms with Gasteiger partial charge in [0.15, 0.2) is 6.73 Å². The van der Waals surface area contributed by atoms with Crippen molar-refractivity contribution in [3.8, 4) is 11.5 Å². The first kappa shape index (κ1) is 18.6. The molecule has 25 heavy (non-hydrogen) atoms. The quantitative estimate of drug-likeness (QED) is 0.711. The van der Waals surface area contributed by atoms with Crippen molar-refractivity contribution < 1.29 is 14.3 Å². The molecule has 0 aliphatic heterocycles. The first-order chi connectivity index (χ1) is 12.2. The molecule has 2 rings (SSSR count). The van der Waals surface area contributed by atoms with Crippen molar-refractivity contribution >= 4 is 6.03 Å². The summed E-state index contributed by atoms with van der Waals surface area (Å²) in [5, 5.41) is 2.78. The number of rotatable bonds is 9. The number of hydrogen-bond donors (Lipinski definition) is 1. The number of ether oxygens (including phenoxy) is 2. The summed E-state index contributed by atoms with van der Waals surface area (Å²) in [6, 6.07) is 11.1. The summed E-state index contributed by atoms with van der Waals surface area (Å²) in [6.07, 6.45) is 4.32. The van der Waals surface area contributed by atoms with Crippen LogP contribution in [0.2, 0.25) is 0 Å². The highest BCUT2D eigenvalue weighted by molar-refractivity contribution is 5.74. The minimum Gasteiger partial charge on any atom is -0.494 e. The second-order valence-corrected chi connectivity index (χ2v) is 5.36. The SMILES string of the molecule is CCOc1ccc(OCNC(=O)N(CC)CCc2ccncc2)cc1. The molecule has 0 unspecified atom stereocenters. The third-order valence-corrected chi connectivity index (χ3v) is 3.69. The van der Waals surface area contributed by atoms with Gasteiger partial charge in [0.2, 0.25) is 0 Å². The number of hydrogen-bond acceptors (Lipinski definition) is 4. The molecular weight excluding hydrogens is 318 g/mol. The predicted molar refractivity (Wildman–Crippen MR) is 96.8 cm³/mol. The number of aromatic nitrogens is 1. The lowest BCUT2D eigenvalue weighted by atomic mass is 10.2. The maximum atomic E-state index is 12.2. The van der Waals surface area contributed by atoms with Crippen LogP contribution in [0.4, 0.5) is 4.79 Å². The predicted octanol–water partition coefficient (Wildman–Crippen LogP) is 3.09. The second-order valence-electron chi connectivity index (χ2n) is 5.36. The van der Waals surface area contributed by atoms with Crippen molar-refractivity contribution in [3.63, 3.8) is 0 Å². The lowest BCUT2D eigenvalue weighted by Gasteiger charge is -2.21. The van der Waals surface area contributed by atoms with Gasteiger partial charge in [0.1, 0.15) is 11.5 Å². The fraction of sp³-hybridized carbons (Fsp3) is 0.368. The van der Waals surface area contributed by atoms with Crippen molar-refractivity contribution in [2.45, 2.75) is 20.3 Å². The van der Waals surface area contributed by atoms with E-state index in [0.29, 0.717) is 25.4 Å². The monoisotopic (exact) mass is 343 g/mol. The van der Waals surface area contributed by atoms with Gasteiger partial charge in [-0.2, -0.15) is 0 Å². The molecule has 0 atom stereocenters. The Balaban J connectivity index is 1.73. The minimum atomic E-state index is -0.137. The van der Waals surface area contributed by atoms with Crippen LogP contribution in [0.1, 0.15) is 19.4 Å². The number of nitrogens with zero attached hydrogens (tertiary/aromatic N) is 2. The van der Waals surface area contributed by atoms with Crippen molar-refractivity contribution in [3.05, 3.63) is 54.4 Å². The van der Waals surface area contributed by atoms with E-state index in [2.05, 4.69) is 10.3 Å². The largest absolute Gasteiger partial charge is 0.494 e. The zero-order chi connectivity index (χ0) is 17.9. The van der Waals surface area contributed by atoms with E-state index in [1.165, 1.54) is 0 Å². The van der Waals surface area contributed by atoms with E-state index in [0.717, 1.165) is 17.7 Å². The van der Waals surface area contributed by atoms with Gasteiger partial charge >= 0.3 is 6.03 Å². The third kappa shape index (κ3) is 6.33. The van der Waals surface area contributed by atoms with Crippen LogP contribution in [-0.2, 0) is 6.42 Å². The molecule has 134 valence electrons. The standard InChI is InChI=1S/C19H25N3O3/c1-3-22(14-11-16-9-12-20-13-10-16)19(23)21-15-25-18-7-5-17(6-8-18)24-4-2/h5-10,12-13H,3-4,11,14-15H2,1-2H3,(H,21,23). The lowest BCUT2D eigenvalue weighted by Crippen LogP contribution is -2.42. The highest BCUT2D eigenvalue weighted by atomic mass is 16.5. The van der Waals surface area contributed by atoms with E-state index in [1.54, 1.807) is 17.3 Å². The molecule has 2 amide bonds. The smallest absolute Gasteiger partial charge is 0.320 e. The third-order valence-electron chi connectivity index (χ3n) is 3.69. The summed E-state index contributed by atoms with van der Waals surface area (Å²) >= 11 is 0. The normalized spacial score (nSPS) is 10.2. The molecule has 0 saturated carbocycles. The summed E-state index contributed by atoms with van der Waals surface area (Å²) < 4.78 is 10.9. The van der Waals surface area contributed by atoms with E-state index >= 15 is 0 Å². The molecule has 0 fully saturated rings. The van der Waals surface area contributed by atoms with Crippen LogP contribution >= 0.6 is 0 Å². The summed E-state index contributed by atoms with van der Waals surface area (Å²) in [7, 11) is 0. The first-order valence-corrected chi connectivity index (χ1v) is 8.50. The van der Waals surface area contributed by atoms with Crippen molar-refractivity contribution in [1.82, 2.24) is 15.2 Å². The Bertz CT molecular complexity index is 632. The molecule has 1 aromatic carbocycles. The number of pyridine rings is 1. The number of carbonyl (C=O) groups is 1. The van der Waals surface area contributed by atoms with Gasteiger partial charge in [-0.25, -0.2) is 4.79 Å². The van der Waals surface area contributed by atoms with Gasteiger partial charge in [-0.15, -0.1) is 0 Å². The van der Waals surface area contributed by atoms with Gasteiger partial charge in [-0.1, -0.05) is 0 Å². The van der Waals surface area contributed by atoms with Gasteiger partial charge in [-0.3, -0.25) is 4.98 Å². The average Bonchev–Trinajstić information content (AvgIpc) is 2.65. The van der Waals surface area contributed by atoms with Crippen LogP contribution in [0, 0.1) is 0 Å². The number of benzene rings is 1.